The van der Waals surface area contributed by atoms with Gasteiger partial charge in [0.15, 0.2) is 11.5 Å². The molecule has 0 atom stereocenters. The lowest BCUT2D eigenvalue weighted by atomic mass is 10.2. The summed E-state index contributed by atoms with van der Waals surface area (Å²) in [5.41, 5.74) is 0.559. The quantitative estimate of drug-likeness (QED) is 0.370. The molecule has 0 bridgehead atoms. The fourth-order valence-corrected chi connectivity index (χ4v) is 2.00. The smallest absolute Gasteiger partial charge is 0.454 e. The molecule has 0 radical (unpaired) electrons. The molecule has 0 spiro atoms. The van der Waals surface area contributed by atoms with Crippen LogP contribution in [0.1, 0.15) is 5.56 Å². The lowest BCUT2D eigenvalue weighted by Crippen LogP contribution is -2.10. The molecule has 1 heterocycles. The van der Waals surface area contributed by atoms with Gasteiger partial charge < -0.3 is 18.9 Å². The molecule has 0 saturated carbocycles. The zero-order valence-electron chi connectivity index (χ0n) is 11.8. The van der Waals surface area contributed by atoms with Gasteiger partial charge in [0.2, 0.25) is 6.79 Å². The molecule has 1 aliphatic rings. The summed E-state index contributed by atoms with van der Waals surface area (Å²) in [4.78, 5) is 21.7. The van der Waals surface area contributed by atoms with Crippen molar-refractivity contribution >= 4 is 11.8 Å². The molecule has 0 fully saturated rings. The Morgan fingerprint density at radius 2 is 1.96 bits per heavy atom. The molecule has 8 heteroatoms. The highest BCUT2D eigenvalue weighted by atomic mass is 16.7. The van der Waals surface area contributed by atoms with Crippen LogP contribution in [0.15, 0.2) is 42.5 Å². The van der Waals surface area contributed by atoms with Gasteiger partial charge in [-0.25, -0.2) is 4.79 Å². The number of hydrogen-bond donors (Lipinski definition) is 0. The van der Waals surface area contributed by atoms with Crippen molar-refractivity contribution in [3.63, 3.8) is 0 Å². The topological polar surface area (TPSA) is 97.1 Å². The molecular formula is C15H11NO7. The maximum Gasteiger partial charge on any atom is 0.514 e. The third-order valence-corrected chi connectivity index (χ3v) is 3.07. The van der Waals surface area contributed by atoms with Crippen LogP contribution in [0.2, 0.25) is 0 Å². The van der Waals surface area contributed by atoms with Crippen LogP contribution in [0, 0.1) is 10.1 Å². The normalized spacial score (nSPS) is 11.8. The van der Waals surface area contributed by atoms with Gasteiger partial charge in [-0.1, -0.05) is 12.1 Å². The number of ether oxygens (including phenoxy) is 4. The first-order chi connectivity index (χ1) is 11.1. The Bertz CT molecular complexity index is 742. The maximum absolute atomic E-state index is 11.7. The monoisotopic (exact) mass is 317 g/mol. The third kappa shape index (κ3) is 3.31. The first kappa shape index (κ1) is 14.6. The van der Waals surface area contributed by atoms with Gasteiger partial charge >= 0.3 is 6.16 Å². The van der Waals surface area contributed by atoms with E-state index < -0.39 is 11.1 Å². The van der Waals surface area contributed by atoms with E-state index in [1.165, 1.54) is 24.3 Å². The molecule has 23 heavy (non-hydrogen) atoms. The van der Waals surface area contributed by atoms with Gasteiger partial charge in [0.05, 0.1) is 4.92 Å². The highest BCUT2D eigenvalue weighted by molar-refractivity contribution is 5.64. The van der Waals surface area contributed by atoms with Crippen molar-refractivity contribution in [1.29, 1.82) is 0 Å². The van der Waals surface area contributed by atoms with Gasteiger partial charge in [-0.3, -0.25) is 10.1 Å². The van der Waals surface area contributed by atoms with Gasteiger partial charge in [0.1, 0.15) is 12.4 Å². The predicted octanol–water partition coefficient (Wildman–Crippen LogP) is 3.04. The van der Waals surface area contributed by atoms with E-state index in [1.807, 2.05) is 0 Å². The highest BCUT2D eigenvalue weighted by Gasteiger charge is 2.18. The Morgan fingerprint density at radius 3 is 2.70 bits per heavy atom. The van der Waals surface area contributed by atoms with Crippen LogP contribution >= 0.6 is 0 Å². The van der Waals surface area contributed by atoms with Crippen molar-refractivity contribution in [3.8, 4) is 17.2 Å². The number of non-ortho nitro benzene ring substituents is 1. The number of nitrogens with zero attached hydrogens (tertiary/aromatic N) is 1. The summed E-state index contributed by atoms with van der Waals surface area (Å²) < 4.78 is 20.5. The second-order valence-corrected chi connectivity index (χ2v) is 4.54. The number of fused-ring (bicyclic) bond motifs is 1. The first-order valence-electron chi connectivity index (χ1n) is 6.60. The van der Waals surface area contributed by atoms with Crippen molar-refractivity contribution in [2.24, 2.45) is 0 Å². The molecule has 8 nitrogen and oxygen atoms in total. The predicted molar refractivity (Wildman–Crippen MR) is 76.5 cm³/mol. The van der Waals surface area contributed by atoms with Crippen LogP contribution in [-0.2, 0) is 11.3 Å². The number of carbonyl (C=O) groups excluding carboxylic acids is 1. The molecule has 0 N–H and O–H groups in total. The Labute approximate surface area is 130 Å². The van der Waals surface area contributed by atoms with Crippen molar-refractivity contribution < 1.29 is 28.7 Å². The maximum atomic E-state index is 11.7. The number of nitro groups is 1. The summed E-state index contributed by atoms with van der Waals surface area (Å²) in [6, 6.07) is 10.4. The summed E-state index contributed by atoms with van der Waals surface area (Å²) in [5.74, 6) is 1.28. The van der Waals surface area contributed by atoms with Gasteiger partial charge in [-0.15, -0.1) is 0 Å². The van der Waals surface area contributed by atoms with Crippen LogP contribution < -0.4 is 14.2 Å². The molecule has 2 aromatic rings. The average Bonchev–Trinajstić information content (AvgIpc) is 3.02. The molecule has 0 unspecified atom stereocenters. The second kappa shape index (κ2) is 6.22. The lowest BCUT2D eigenvalue weighted by molar-refractivity contribution is -0.384. The first-order valence-corrected chi connectivity index (χ1v) is 6.60. The van der Waals surface area contributed by atoms with Crippen molar-refractivity contribution in [3.05, 3.63) is 58.1 Å². The summed E-state index contributed by atoms with van der Waals surface area (Å²) in [5, 5.41) is 10.5. The molecular weight excluding hydrogens is 306 g/mol. The molecule has 0 saturated heterocycles. The van der Waals surface area contributed by atoms with E-state index in [0.29, 0.717) is 17.1 Å². The van der Waals surface area contributed by atoms with E-state index in [9.17, 15) is 14.9 Å². The zero-order valence-corrected chi connectivity index (χ0v) is 11.8. The number of hydrogen-bond acceptors (Lipinski definition) is 7. The number of benzene rings is 2. The minimum Gasteiger partial charge on any atom is -0.454 e. The average molecular weight is 317 g/mol. The molecule has 0 amide bonds. The minimum atomic E-state index is -0.921. The highest BCUT2D eigenvalue weighted by Crippen LogP contribution is 2.35. The number of rotatable bonds is 4. The van der Waals surface area contributed by atoms with E-state index in [-0.39, 0.29) is 24.8 Å². The summed E-state index contributed by atoms with van der Waals surface area (Å²) in [6.45, 7) is 0.0813. The van der Waals surface area contributed by atoms with Crippen LogP contribution in [0.4, 0.5) is 10.5 Å². The molecule has 3 rings (SSSR count). The molecule has 118 valence electrons. The zero-order chi connectivity index (χ0) is 16.2. The van der Waals surface area contributed by atoms with Crippen LogP contribution in [0.25, 0.3) is 0 Å². The fourth-order valence-electron chi connectivity index (χ4n) is 2.00. The van der Waals surface area contributed by atoms with E-state index in [2.05, 4.69) is 0 Å². The number of nitro benzene ring substituents is 1. The van der Waals surface area contributed by atoms with Crippen LogP contribution in [0.5, 0.6) is 17.2 Å². The van der Waals surface area contributed by atoms with Gasteiger partial charge in [0.25, 0.3) is 5.69 Å². The number of carbonyl (C=O) groups is 1. The van der Waals surface area contributed by atoms with Crippen molar-refractivity contribution in [2.45, 2.75) is 6.61 Å². The van der Waals surface area contributed by atoms with Crippen LogP contribution in [0.3, 0.4) is 0 Å². The van der Waals surface area contributed by atoms with E-state index in [0.717, 1.165) is 0 Å². The van der Waals surface area contributed by atoms with Crippen LogP contribution in [-0.4, -0.2) is 17.9 Å². The van der Waals surface area contributed by atoms with Gasteiger partial charge in [0, 0.05) is 17.7 Å². The van der Waals surface area contributed by atoms with E-state index >= 15 is 0 Å². The molecule has 1 aliphatic heterocycles. The minimum absolute atomic E-state index is 0.0433. The Balaban J connectivity index is 1.58. The van der Waals surface area contributed by atoms with Gasteiger partial charge in [-0.2, -0.15) is 0 Å². The van der Waals surface area contributed by atoms with E-state index in [1.54, 1.807) is 18.2 Å². The van der Waals surface area contributed by atoms with Crippen molar-refractivity contribution in [2.75, 3.05) is 6.79 Å². The summed E-state index contributed by atoms with van der Waals surface area (Å²) in [7, 11) is 0. The molecule has 2 aromatic carbocycles. The van der Waals surface area contributed by atoms with E-state index in [4.69, 9.17) is 18.9 Å². The number of para-hydroxylation sites is 1. The third-order valence-electron chi connectivity index (χ3n) is 3.07. The Morgan fingerprint density at radius 1 is 1.17 bits per heavy atom. The Kier molecular flexibility index (Phi) is 3.96. The standard InChI is InChI=1S/C15H11NO7/c17-15(23-12-6-4-11(5-7-12)16(18)19)20-8-10-2-1-3-13-14(10)22-9-21-13/h1-7H,8-9H2. The molecule has 0 aromatic heterocycles. The van der Waals surface area contributed by atoms with Gasteiger partial charge in [-0.05, 0) is 18.2 Å². The lowest BCUT2D eigenvalue weighted by Gasteiger charge is -2.07. The molecule has 0 aliphatic carbocycles. The largest absolute Gasteiger partial charge is 0.514 e. The summed E-state index contributed by atoms with van der Waals surface area (Å²) in [6.07, 6.45) is -0.921. The fraction of sp³-hybridized carbons (Fsp3) is 0.133. The summed E-state index contributed by atoms with van der Waals surface area (Å²) >= 11 is 0. The second-order valence-electron chi connectivity index (χ2n) is 4.54. The Hall–Kier alpha value is -3.29. The SMILES string of the molecule is O=C(OCc1cccc2c1OCO2)Oc1ccc([N+](=O)[O-])cc1. The van der Waals surface area contributed by atoms with Crippen molar-refractivity contribution in [1.82, 2.24) is 0 Å².